The van der Waals surface area contributed by atoms with Crippen LogP contribution in [0.4, 0.5) is 0 Å². The zero-order chi connectivity index (χ0) is 15.1. The molecule has 1 heterocycles. The summed E-state index contributed by atoms with van der Waals surface area (Å²) < 4.78 is 0. The minimum atomic E-state index is 0.121. The molecule has 1 aromatic rings. The molecule has 0 N–H and O–H groups in total. The van der Waals surface area contributed by atoms with Gasteiger partial charge in [-0.2, -0.15) is 0 Å². The highest BCUT2D eigenvalue weighted by molar-refractivity contribution is 5.93. The minimum Gasteiger partial charge on any atom is -0.340 e. The highest BCUT2D eigenvalue weighted by Crippen LogP contribution is 2.25. The molecule has 0 radical (unpaired) electrons. The van der Waals surface area contributed by atoms with Gasteiger partial charge in [-0.05, 0) is 26.2 Å². The Morgan fingerprint density at radius 3 is 2.19 bits per heavy atom. The van der Waals surface area contributed by atoms with Crippen LogP contribution in [-0.4, -0.2) is 29.2 Å². The fourth-order valence-electron chi connectivity index (χ4n) is 3.12. The second kappa shape index (κ2) is 7.96. The van der Waals surface area contributed by atoms with Gasteiger partial charge in [0.2, 0.25) is 5.91 Å². The number of carbonyl (C=O) groups is 2. The average Bonchev–Trinajstić information content (AvgIpc) is 2.96. The first kappa shape index (κ1) is 15.7. The van der Waals surface area contributed by atoms with Gasteiger partial charge in [0.15, 0.2) is 5.78 Å². The van der Waals surface area contributed by atoms with Gasteiger partial charge in [-0.1, -0.05) is 49.6 Å². The molecule has 1 amide bonds. The molecule has 1 aliphatic carbocycles. The van der Waals surface area contributed by atoms with Crippen molar-refractivity contribution in [2.24, 2.45) is 0 Å². The standard InChI is InChI=1S/C10H17NO.C8H8O/c12-10-7-4-8-11(10)9-5-2-1-3-6-9;1-7(9)8-5-3-2-4-6-8/h9H,1-8H2;2-6H,1H3. The summed E-state index contributed by atoms with van der Waals surface area (Å²) in [5.41, 5.74) is 0.775. The number of carbonyl (C=O) groups excluding carboxylic acids is 2. The summed E-state index contributed by atoms with van der Waals surface area (Å²) in [7, 11) is 0. The molecule has 1 saturated carbocycles. The van der Waals surface area contributed by atoms with Crippen LogP contribution in [0.2, 0.25) is 0 Å². The Morgan fingerprint density at radius 1 is 1.05 bits per heavy atom. The first-order valence-electron chi connectivity index (χ1n) is 8.04. The lowest BCUT2D eigenvalue weighted by Gasteiger charge is -2.30. The lowest BCUT2D eigenvalue weighted by atomic mass is 9.94. The van der Waals surface area contributed by atoms with Crippen molar-refractivity contribution < 1.29 is 9.59 Å². The van der Waals surface area contributed by atoms with Crippen molar-refractivity contribution in [3.05, 3.63) is 35.9 Å². The van der Waals surface area contributed by atoms with Crippen molar-refractivity contribution in [2.75, 3.05) is 6.54 Å². The molecule has 3 nitrogen and oxygen atoms in total. The topological polar surface area (TPSA) is 37.4 Å². The SMILES string of the molecule is CC(=O)c1ccccc1.O=C1CCCN1C1CCCCC1. The number of hydrogen-bond donors (Lipinski definition) is 0. The third kappa shape index (κ3) is 4.69. The molecule has 0 unspecified atom stereocenters. The Hall–Kier alpha value is -1.64. The van der Waals surface area contributed by atoms with Crippen LogP contribution in [-0.2, 0) is 4.79 Å². The number of nitrogens with zero attached hydrogens (tertiary/aromatic N) is 1. The van der Waals surface area contributed by atoms with E-state index in [1.165, 1.54) is 32.1 Å². The predicted molar refractivity (Wildman–Crippen MR) is 84.3 cm³/mol. The summed E-state index contributed by atoms with van der Waals surface area (Å²) in [6.45, 7) is 2.60. The van der Waals surface area contributed by atoms with Gasteiger partial charge in [0, 0.05) is 24.6 Å². The largest absolute Gasteiger partial charge is 0.340 e. The summed E-state index contributed by atoms with van der Waals surface area (Å²) in [5, 5.41) is 0. The van der Waals surface area contributed by atoms with Gasteiger partial charge in [0.1, 0.15) is 0 Å². The first-order valence-corrected chi connectivity index (χ1v) is 8.04. The molecule has 0 aromatic heterocycles. The Morgan fingerprint density at radius 2 is 1.71 bits per heavy atom. The van der Waals surface area contributed by atoms with E-state index in [2.05, 4.69) is 4.90 Å². The van der Waals surface area contributed by atoms with Crippen LogP contribution in [0, 0.1) is 0 Å². The van der Waals surface area contributed by atoms with Crippen LogP contribution in [0.25, 0.3) is 0 Å². The van der Waals surface area contributed by atoms with Crippen molar-refractivity contribution >= 4 is 11.7 Å². The van der Waals surface area contributed by atoms with E-state index in [9.17, 15) is 9.59 Å². The third-order valence-electron chi connectivity index (χ3n) is 4.31. The van der Waals surface area contributed by atoms with E-state index < -0.39 is 0 Å². The van der Waals surface area contributed by atoms with E-state index in [0.717, 1.165) is 24.9 Å². The van der Waals surface area contributed by atoms with Gasteiger partial charge in [-0.3, -0.25) is 9.59 Å². The number of ketones is 1. The van der Waals surface area contributed by atoms with Gasteiger partial charge < -0.3 is 4.90 Å². The summed E-state index contributed by atoms with van der Waals surface area (Å²) in [6, 6.07) is 9.83. The van der Waals surface area contributed by atoms with E-state index in [1.807, 2.05) is 30.3 Å². The maximum atomic E-state index is 11.4. The van der Waals surface area contributed by atoms with Gasteiger partial charge in [-0.25, -0.2) is 0 Å². The van der Waals surface area contributed by atoms with E-state index in [1.54, 1.807) is 6.92 Å². The van der Waals surface area contributed by atoms with Gasteiger partial charge in [0.05, 0.1) is 0 Å². The predicted octanol–water partition coefficient (Wildman–Crippen LogP) is 3.83. The zero-order valence-corrected chi connectivity index (χ0v) is 12.9. The van der Waals surface area contributed by atoms with Crippen molar-refractivity contribution in [1.29, 1.82) is 0 Å². The van der Waals surface area contributed by atoms with Crippen molar-refractivity contribution in [3.63, 3.8) is 0 Å². The fourth-order valence-corrected chi connectivity index (χ4v) is 3.12. The molecule has 0 bridgehead atoms. The molecule has 114 valence electrons. The summed E-state index contributed by atoms with van der Waals surface area (Å²) in [6.07, 6.45) is 8.44. The normalized spacial score (nSPS) is 19.1. The monoisotopic (exact) mass is 287 g/mol. The molecular formula is C18H25NO2. The molecule has 1 aliphatic heterocycles. The molecule has 21 heavy (non-hydrogen) atoms. The maximum absolute atomic E-state index is 11.4. The van der Waals surface area contributed by atoms with Crippen molar-refractivity contribution in [1.82, 2.24) is 4.90 Å². The molecule has 3 rings (SSSR count). The number of rotatable bonds is 2. The third-order valence-corrected chi connectivity index (χ3v) is 4.31. The van der Waals surface area contributed by atoms with Gasteiger partial charge in [0.25, 0.3) is 0 Å². The van der Waals surface area contributed by atoms with Crippen LogP contribution in [0.5, 0.6) is 0 Å². The van der Waals surface area contributed by atoms with Gasteiger partial charge in [-0.15, -0.1) is 0 Å². The number of amides is 1. The Bertz CT molecular complexity index is 463. The Kier molecular flexibility index (Phi) is 5.97. The second-order valence-electron chi connectivity index (χ2n) is 5.90. The smallest absolute Gasteiger partial charge is 0.222 e. The van der Waals surface area contributed by atoms with Crippen LogP contribution in [0.3, 0.4) is 0 Å². The molecule has 1 saturated heterocycles. The van der Waals surface area contributed by atoms with Crippen molar-refractivity contribution in [3.8, 4) is 0 Å². The Balaban J connectivity index is 0.000000161. The van der Waals surface area contributed by atoms with Crippen molar-refractivity contribution in [2.45, 2.75) is 57.9 Å². The molecule has 2 aliphatic rings. The quantitative estimate of drug-likeness (QED) is 0.775. The lowest BCUT2D eigenvalue weighted by Crippen LogP contribution is -2.37. The minimum absolute atomic E-state index is 0.121. The summed E-state index contributed by atoms with van der Waals surface area (Å²) in [4.78, 5) is 24.2. The van der Waals surface area contributed by atoms with Crippen LogP contribution < -0.4 is 0 Å². The van der Waals surface area contributed by atoms with E-state index in [4.69, 9.17) is 0 Å². The highest BCUT2D eigenvalue weighted by Gasteiger charge is 2.28. The summed E-state index contributed by atoms with van der Waals surface area (Å²) >= 11 is 0. The zero-order valence-electron chi connectivity index (χ0n) is 12.9. The molecule has 0 atom stereocenters. The summed E-state index contributed by atoms with van der Waals surface area (Å²) in [5.74, 6) is 0.525. The van der Waals surface area contributed by atoms with E-state index in [-0.39, 0.29) is 5.78 Å². The molecule has 2 fully saturated rings. The number of likely N-dealkylation sites (tertiary alicyclic amines) is 1. The molecule has 1 aromatic carbocycles. The van der Waals surface area contributed by atoms with E-state index >= 15 is 0 Å². The van der Waals surface area contributed by atoms with Gasteiger partial charge >= 0.3 is 0 Å². The molecule has 3 heteroatoms. The fraction of sp³-hybridized carbons (Fsp3) is 0.556. The number of hydrogen-bond acceptors (Lipinski definition) is 2. The average molecular weight is 287 g/mol. The number of Topliss-reactive ketones (excluding diaryl/α,β-unsaturated/α-hetero) is 1. The van der Waals surface area contributed by atoms with Crippen LogP contribution in [0.15, 0.2) is 30.3 Å². The first-order chi connectivity index (χ1) is 10.2. The molecule has 0 spiro atoms. The Labute approximate surface area is 127 Å². The van der Waals surface area contributed by atoms with Crippen LogP contribution >= 0.6 is 0 Å². The highest BCUT2D eigenvalue weighted by atomic mass is 16.2. The number of benzene rings is 1. The second-order valence-corrected chi connectivity index (χ2v) is 5.90. The van der Waals surface area contributed by atoms with E-state index in [0.29, 0.717) is 11.9 Å². The maximum Gasteiger partial charge on any atom is 0.222 e. The molecular weight excluding hydrogens is 262 g/mol. The van der Waals surface area contributed by atoms with Crippen LogP contribution in [0.1, 0.15) is 62.2 Å². The lowest BCUT2D eigenvalue weighted by molar-refractivity contribution is -0.130.